The average Bonchev–Trinajstić information content (AvgIpc) is 2.47. The number of thioether (sulfide) groups is 1. The molecule has 1 saturated heterocycles. The van der Waals surface area contributed by atoms with Crippen LogP contribution >= 0.6 is 11.8 Å². The maximum Gasteiger partial charge on any atom is 0.132 e. The zero-order chi connectivity index (χ0) is 13.7. The highest BCUT2D eigenvalue weighted by atomic mass is 32.2. The van der Waals surface area contributed by atoms with Gasteiger partial charge in [-0.1, -0.05) is 6.07 Å². The lowest BCUT2D eigenvalue weighted by Crippen LogP contribution is -2.36. The second-order valence-electron chi connectivity index (χ2n) is 5.12. The van der Waals surface area contributed by atoms with E-state index in [1.54, 1.807) is 18.9 Å². The van der Waals surface area contributed by atoms with Crippen molar-refractivity contribution in [1.29, 1.82) is 0 Å². The van der Waals surface area contributed by atoms with Crippen LogP contribution in [-0.4, -0.2) is 43.1 Å². The van der Waals surface area contributed by atoms with E-state index in [0.29, 0.717) is 12.5 Å². The Kier molecular flexibility index (Phi) is 5.55. The predicted octanol–water partition coefficient (Wildman–Crippen LogP) is 2.62. The van der Waals surface area contributed by atoms with Crippen LogP contribution in [0, 0.1) is 5.92 Å². The van der Waals surface area contributed by atoms with Gasteiger partial charge in [-0.25, -0.2) is 0 Å². The Bertz CT molecular complexity index is 411. The van der Waals surface area contributed by atoms with Crippen LogP contribution in [0.5, 0.6) is 5.75 Å². The SMILES string of the molecule is COc1cc(CN2CCC[C@@H](CO)C2)ccc1SC. The van der Waals surface area contributed by atoms with Crippen molar-refractivity contribution in [3.05, 3.63) is 23.8 Å². The minimum absolute atomic E-state index is 0.311. The summed E-state index contributed by atoms with van der Waals surface area (Å²) in [5.41, 5.74) is 1.29. The summed E-state index contributed by atoms with van der Waals surface area (Å²) >= 11 is 1.71. The molecular weight excluding hydrogens is 258 g/mol. The Hall–Kier alpha value is -0.710. The molecule has 4 heteroatoms. The number of nitrogens with zero attached hydrogens (tertiary/aromatic N) is 1. The maximum absolute atomic E-state index is 9.28. The average molecular weight is 281 g/mol. The number of hydrogen-bond acceptors (Lipinski definition) is 4. The fraction of sp³-hybridized carbons (Fsp3) is 0.600. The van der Waals surface area contributed by atoms with Gasteiger partial charge < -0.3 is 9.84 Å². The summed E-state index contributed by atoms with van der Waals surface area (Å²) in [5, 5.41) is 9.28. The highest BCUT2D eigenvalue weighted by Crippen LogP contribution is 2.29. The smallest absolute Gasteiger partial charge is 0.132 e. The Morgan fingerprint density at radius 1 is 1.47 bits per heavy atom. The van der Waals surface area contributed by atoms with Crippen LogP contribution in [0.15, 0.2) is 23.1 Å². The number of aliphatic hydroxyl groups excluding tert-OH is 1. The van der Waals surface area contributed by atoms with E-state index in [2.05, 4.69) is 29.4 Å². The van der Waals surface area contributed by atoms with Gasteiger partial charge in [-0.15, -0.1) is 11.8 Å². The first-order valence-electron chi connectivity index (χ1n) is 6.81. The van der Waals surface area contributed by atoms with Crippen LogP contribution in [0.4, 0.5) is 0 Å². The van der Waals surface area contributed by atoms with Crippen LogP contribution in [0.2, 0.25) is 0 Å². The first-order chi connectivity index (χ1) is 9.26. The number of piperidine rings is 1. The van der Waals surface area contributed by atoms with Crippen LogP contribution in [0.25, 0.3) is 0 Å². The number of hydrogen-bond donors (Lipinski definition) is 1. The molecule has 0 spiro atoms. The molecule has 0 saturated carbocycles. The first kappa shape index (κ1) is 14.7. The van der Waals surface area contributed by atoms with Crippen molar-refractivity contribution >= 4 is 11.8 Å². The van der Waals surface area contributed by atoms with Gasteiger partial charge in [0.25, 0.3) is 0 Å². The Morgan fingerprint density at radius 2 is 2.32 bits per heavy atom. The third kappa shape index (κ3) is 3.88. The molecule has 0 unspecified atom stereocenters. The van der Waals surface area contributed by atoms with Gasteiger partial charge in [0.15, 0.2) is 0 Å². The topological polar surface area (TPSA) is 32.7 Å². The van der Waals surface area contributed by atoms with Gasteiger partial charge in [0, 0.05) is 24.6 Å². The molecule has 1 aliphatic rings. The Labute approximate surface area is 120 Å². The lowest BCUT2D eigenvalue weighted by molar-refractivity contribution is 0.116. The van der Waals surface area contributed by atoms with Crippen molar-refractivity contribution < 1.29 is 9.84 Å². The quantitative estimate of drug-likeness (QED) is 0.841. The van der Waals surface area contributed by atoms with Gasteiger partial charge in [0.05, 0.1) is 7.11 Å². The van der Waals surface area contributed by atoms with E-state index in [4.69, 9.17) is 4.74 Å². The van der Waals surface area contributed by atoms with Crippen LogP contribution in [-0.2, 0) is 6.54 Å². The normalized spacial score (nSPS) is 20.5. The molecule has 1 fully saturated rings. The molecule has 1 aromatic rings. The molecule has 1 aliphatic heterocycles. The summed E-state index contributed by atoms with van der Waals surface area (Å²) in [5.74, 6) is 1.40. The molecule has 19 heavy (non-hydrogen) atoms. The van der Waals surface area contributed by atoms with Crippen molar-refractivity contribution in [3.8, 4) is 5.75 Å². The predicted molar refractivity (Wildman–Crippen MR) is 79.9 cm³/mol. The molecule has 106 valence electrons. The number of aliphatic hydroxyl groups is 1. The molecule has 0 bridgehead atoms. The van der Waals surface area contributed by atoms with E-state index in [9.17, 15) is 5.11 Å². The summed E-state index contributed by atoms with van der Waals surface area (Å²) in [6.07, 6.45) is 4.40. The number of benzene rings is 1. The molecule has 1 heterocycles. The van der Waals surface area contributed by atoms with E-state index in [0.717, 1.165) is 31.8 Å². The second kappa shape index (κ2) is 7.17. The summed E-state index contributed by atoms with van der Waals surface area (Å²) < 4.78 is 5.43. The van der Waals surface area contributed by atoms with Gasteiger partial charge in [0.2, 0.25) is 0 Å². The number of rotatable bonds is 5. The molecule has 3 nitrogen and oxygen atoms in total. The number of ether oxygens (including phenoxy) is 1. The lowest BCUT2D eigenvalue weighted by atomic mass is 9.98. The minimum atomic E-state index is 0.311. The summed E-state index contributed by atoms with van der Waals surface area (Å²) in [6.45, 7) is 3.39. The van der Waals surface area contributed by atoms with E-state index < -0.39 is 0 Å². The molecule has 2 rings (SSSR count). The molecule has 0 aromatic heterocycles. The molecule has 0 aliphatic carbocycles. The lowest BCUT2D eigenvalue weighted by Gasteiger charge is -2.31. The second-order valence-corrected chi connectivity index (χ2v) is 5.96. The summed E-state index contributed by atoms with van der Waals surface area (Å²) in [7, 11) is 1.72. The molecule has 0 radical (unpaired) electrons. The van der Waals surface area contributed by atoms with E-state index in [1.165, 1.54) is 16.9 Å². The Morgan fingerprint density at radius 3 is 3.00 bits per heavy atom. The minimum Gasteiger partial charge on any atom is -0.496 e. The number of methoxy groups -OCH3 is 1. The van der Waals surface area contributed by atoms with Crippen molar-refractivity contribution in [2.24, 2.45) is 5.92 Å². The first-order valence-corrected chi connectivity index (χ1v) is 8.03. The largest absolute Gasteiger partial charge is 0.496 e. The van der Waals surface area contributed by atoms with Crippen LogP contribution in [0.3, 0.4) is 0 Å². The third-order valence-corrected chi connectivity index (χ3v) is 4.49. The van der Waals surface area contributed by atoms with Crippen LogP contribution in [0.1, 0.15) is 18.4 Å². The summed E-state index contributed by atoms with van der Waals surface area (Å²) in [4.78, 5) is 3.61. The zero-order valence-corrected chi connectivity index (χ0v) is 12.6. The fourth-order valence-electron chi connectivity index (χ4n) is 2.68. The zero-order valence-electron chi connectivity index (χ0n) is 11.8. The van der Waals surface area contributed by atoms with Gasteiger partial charge in [-0.05, 0) is 49.3 Å². The van der Waals surface area contributed by atoms with Crippen LogP contribution < -0.4 is 4.74 Å². The number of likely N-dealkylation sites (tertiary alicyclic amines) is 1. The third-order valence-electron chi connectivity index (χ3n) is 3.72. The van der Waals surface area contributed by atoms with E-state index in [1.807, 2.05) is 0 Å². The highest BCUT2D eigenvalue weighted by Gasteiger charge is 2.19. The van der Waals surface area contributed by atoms with E-state index >= 15 is 0 Å². The molecule has 0 amide bonds. The molecule has 1 N–H and O–H groups in total. The van der Waals surface area contributed by atoms with Gasteiger partial charge in [-0.2, -0.15) is 0 Å². The Balaban J connectivity index is 2.02. The van der Waals surface area contributed by atoms with Crippen molar-refractivity contribution in [3.63, 3.8) is 0 Å². The monoisotopic (exact) mass is 281 g/mol. The van der Waals surface area contributed by atoms with E-state index in [-0.39, 0.29) is 0 Å². The van der Waals surface area contributed by atoms with Gasteiger partial charge in [0.1, 0.15) is 5.75 Å². The maximum atomic E-state index is 9.28. The van der Waals surface area contributed by atoms with Crippen molar-refractivity contribution in [2.45, 2.75) is 24.3 Å². The molecular formula is C15H23NO2S. The van der Waals surface area contributed by atoms with Gasteiger partial charge >= 0.3 is 0 Å². The van der Waals surface area contributed by atoms with Gasteiger partial charge in [-0.3, -0.25) is 4.90 Å². The highest BCUT2D eigenvalue weighted by molar-refractivity contribution is 7.98. The summed E-state index contributed by atoms with van der Waals surface area (Å²) in [6, 6.07) is 6.44. The molecule has 1 atom stereocenters. The van der Waals surface area contributed by atoms with Crippen molar-refractivity contribution in [1.82, 2.24) is 4.90 Å². The standard InChI is InChI=1S/C15H23NO2S/c1-18-14-8-12(5-6-15(14)19-2)9-16-7-3-4-13(10-16)11-17/h5-6,8,13,17H,3-4,7,9-11H2,1-2H3/t13-/m1/s1. The molecule has 1 aromatic carbocycles. The fourth-order valence-corrected chi connectivity index (χ4v) is 3.23. The van der Waals surface area contributed by atoms with Crippen molar-refractivity contribution in [2.75, 3.05) is 33.1 Å².